The van der Waals surface area contributed by atoms with Crippen molar-refractivity contribution in [2.75, 3.05) is 7.05 Å². The molecule has 124 valence electrons. The van der Waals surface area contributed by atoms with Gasteiger partial charge in [-0.05, 0) is 41.6 Å². The van der Waals surface area contributed by atoms with Gasteiger partial charge >= 0.3 is 12.6 Å². The van der Waals surface area contributed by atoms with Crippen LogP contribution in [0.25, 0.3) is 0 Å². The van der Waals surface area contributed by atoms with Crippen LogP contribution in [0.4, 0.5) is 13.6 Å². The number of halogens is 2. The third-order valence-electron chi connectivity index (χ3n) is 3.28. The summed E-state index contributed by atoms with van der Waals surface area (Å²) in [5, 5.41) is 4.85. The molecule has 7 heteroatoms. The zero-order valence-corrected chi connectivity index (χ0v) is 13.7. The summed E-state index contributed by atoms with van der Waals surface area (Å²) in [7, 11) is 1.68. The van der Waals surface area contributed by atoms with Crippen molar-refractivity contribution in [2.24, 2.45) is 0 Å². The van der Waals surface area contributed by atoms with Gasteiger partial charge in [-0.25, -0.2) is 4.79 Å². The Labute approximate surface area is 137 Å². The zero-order valence-electron chi connectivity index (χ0n) is 12.9. The van der Waals surface area contributed by atoms with Gasteiger partial charge in [0, 0.05) is 18.5 Å². The van der Waals surface area contributed by atoms with E-state index in [0.29, 0.717) is 13.1 Å². The van der Waals surface area contributed by atoms with Gasteiger partial charge in [0.05, 0.1) is 6.54 Å². The van der Waals surface area contributed by atoms with Crippen LogP contribution >= 0.6 is 11.3 Å². The smallest absolute Gasteiger partial charge is 0.387 e. The van der Waals surface area contributed by atoms with Gasteiger partial charge in [0.15, 0.2) is 0 Å². The summed E-state index contributed by atoms with van der Waals surface area (Å²) in [6.45, 7) is 0.0398. The highest BCUT2D eigenvalue weighted by molar-refractivity contribution is 7.10. The van der Waals surface area contributed by atoms with Gasteiger partial charge in [0.1, 0.15) is 5.75 Å². The zero-order chi connectivity index (χ0) is 16.8. The number of rotatable bonds is 6. The summed E-state index contributed by atoms with van der Waals surface area (Å²) in [4.78, 5) is 14.7. The fourth-order valence-electron chi connectivity index (χ4n) is 2.00. The predicted octanol–water partition coefficient (Wildman–Crippen LogP) is 4.00. The second-order valence-electron chi connectivity index (χ2n) is 5.06. The van der Waals surface area contributed by atoms with Gasteiger partial charge in [-0.2, -0.15) is 8.78 Å². The minimum Gasteiger partial charge on any atom is -0.435 e. The lowest BCUT2D eigenvalue weighted by Crippen LogP contribution is -2.36. The van der Waals surface area contributed by atoms with E-state index < -0.39 is 6.61 Å². The fourth-order valence-corrected chi connectivity index (χ4v) is 2.84. The quantitative estimate of drug-likeness (QED) is 0.863. The molecule has 2 rings (SSSR count). The minimum absolute atomic E-state index is 0.101. The molecule has 0 aliphatic carbocycles. The Balaban J connectivity index is 1.84. The number of aryl methyl sites for hydroxylation is 1. The number of nitrogens with zero attached hydrogens (tertiary/aromatic N) is 1. The first-order chi connectivity index (χ1) is 11.0. The number of benzene rings is 1. The molecule has 1 heterocycles. The maximum Gasteiger partial charge on any atom is 0.387 e. The van der Waals surface area contributed by atoms with E-state index in [9.17, 15) is 13.6 Å². The number of amides is 2. The highest BCUT2D eigenvalue weighted by Crippen LogP contribution is 2.16. The Kier molecular flexibility index (Phi) is 5.92. The Hall–Kier alpha value is -2.15. The molecule has 1 aromatic carbocycles. The van der Waals surface area contributed by atoms with Crippen LogP contribution in [0.2, 0.25) is 0 Å². The SMILES string of the molecule is Cc1ccsc1CNC(=O)N(C)Cc1ccc(OC(F)F)cc1. The fraction of sp³-hybridized carbons (Fsp3) is 0.312. The molecule has 0 spiro atoms. The number of hydrogen-bond donors (Lipinski definition) is 1. The topological polar surface area (TPSA) is 41.6 Å². The van der Waals surface area contributed by atoms with Gasteiger partial charge in [-0.1, -0.05) is 12.1 Å². The van der Waals surface area contributed by atoms with E-state index >= 15 is 0 Å². The molecular formula is C16H18F2N2O2S. The van der Waals surface area contributed by atoms with Crippen molar-refractivity contribution in [3.8, 4) is 5.75 Å². The number of urea groups is 1. The average molecular weight is 340 g/mol. The van der Waals surface area contributed by atoms with E-state index in [1.807, 2.05) is 18.4 Å². The largest absolute Gasteiger partial charge is 0.435 e. The van der Waals surface area contributed by atoms with E-state index in [-0.39, 0.29) is 11.8 Å². The van der Waals surface area contributed by atoms with Crippen molar-refractivity contribution in [1.82, 2.24) is 10.2 Å². The van der Waals surface area contributed by atoms with Gasteiger partial charge < -0.3 is 15.0 Å². The number of carbonyl (C=O) groups excluding carboxylic acids is 1. The van der Waals surface area contributed by atoms with Crippen LogP contribution in [0.15, 0.2) is 35.7 Å². The molecule has 0 atom stereocenters. The lowest BCUT2D eigenvalue weighted by Gasteiger charge is -2.18. The summed E-state index contributed by atoms with van der Waals surface area (Å²) in [6, 6.07) is 8.06. The Morgan fingerprint density at radius 2 is 2.00 bits per heavy atom. The molecule has 0 fully saturated rings. The minimum atomic E-state index is -2.84. The van der Waals surface area contributed by atoms with Crippen molar-refractivity contribution < 1.29 is 18.3 Å². The normalized spacial score (nSPS) is 10.7. The molecule has 23 heavy (non-hydrogen) atoms. The lowest BCUT2D eigenvalue weighted by molar-refractivity contribution is -0.0498. The highest BCUT2D eigenvalue weighted by atomic mass is 32.1. The van der Waals surface area contributed by atoms with Gasteiger partial charge in [-0.15, -0.1) is 11.3 Å². The van der Waals surface area contributed by atoms with Crippen molar-refractivity contribution in [2.45, 2.75) is 26.6 Å². The second kappa shape index (κ2) is 7.92. The molecule has 0 radical (unpaired) electrons. The molecule has 0 unspecified atom stereocenters. The van der Waals surface area contributed by atoms with Crippen molar-refractivity contribution >= 4 is 17.4 Å². The lowest BCUT2D eigenvalue weighted by atomic mass is 10.2. The Bertz CT molecular complexity index is 644. The number of carbonyl (C=O) groups is 1. The van der Waals surface area contributed by atoms with Gasteiger partial charge in [0.2, 0.25) is 0 Å². The Morgan fingerprint density at radius 3 is 2.57 bits per heavy atom. The first-order valence-electron chi connectivity index (χ1n) is 7.01. The van der Waals surface area contributed by atoms with E-state index in [1.165, 1.54) is 17.0 Å². The molecule has 4 nitrogen and oxygen atoms in total. The van der Waals surface area contributed by atoms with E-state index in [1.54, 1.807) is 30.5 Å². The number of ether oxygens (including phenoxy) is 1. The predicted molar refractivity (Wildman–Crippen MR) is 85.8 cm³/mol. The van der Waals surface area contributed by atoms with E-state index in [2.05, 4.69) is 10.1 Å². The van der Waals surface area contributed by atoms with Crippen LogP contribution in [0.5, 0.6) is 5.75 Å². The summed E-state index contributed by atoms with van der Waals surface area (Å²) in [6.07, 6.45) is 0. The average Bonchev–Trinajstić information content (AvgIpc) is 2.91. The summed E-state index contributed by atoms with van der Waals surface area (Å²) >= 11 is 1.61. The summed E-state index contributed by atoms with van der Waals surface area (Å²) in [5.74, 6) is 0.101. The monoisotopic (exact) mass is 340 g/mol. The van der Waals surface area contributed by atoms with Crippen LogP contribution in [0, 0.1) is 6.92 Å². The molecule has 0 saturated heterocycles. The van der Waals surface area contributed by atoms with E-state index in [4.69, 9.17) is 0 Å². The third-order valence-corrected chi connectivity index (χ3v) is 4.31. The number of thiophene rings is 1. The van der Waals surface area contributed by atoms with Crippen LogP contribution in [0.1, 0.15) is 16.0 Å². The number of alkyl halides is 2. The molecule has 2 amide bonds. The molecular weight excluding hydrogens is 322 g/mol. The van der Waals surface area contributed by atoms with E-state index in [0.717, 1.165) is 16.0 Å². The highest BCUT2D eigenvalue weighted by Gasteiger charge is 2.10. The van der Waals surface area contributed by atoms with Gasteiger partial charge in [-0.3, -0.25) is 0 Å². The second-order valence-corrected chi connectivity index (χ2v) is 6.06. The summed E-state index contributed by atoms with van der Waals surface area (Å²) in [5.41, 5.74) is 1.99. The number of hydrogen-bond acceptors (Lipinski definition) is 3. The standard InChI is InChI=1S/C16H18F2N2O2S/c1-11-7-8-23-14(11)9-19-16(21)20(2)10-12-3-5-13(6-4-12)22-15(17)18/h3-8,15H,9-10H2,1-2H3,(H,19,21). The van der Waals surface area contributed by atoms with Crippen LogP contribution in [-0.4, -0.2) is 24.6 Å². The molecule has 0 aliphatic rings. The molecule has 1 aromatic heterocycles. The van der Waals surface area contributed by atoms with Gasteiger partial charge in [0.25, 0.3) is 0 Å². The molecule has 0 bridgehead atoms. The van der Waals surface area contributed by atoms with Crippen molar-refractivity contribution in [1.29, 1.82) is 0 Å². The Morgan fingerprint density at radius 1 is 1.30 bits per heavy atom. The van der Waals surface area contributed by atoms with Crippen LogP contribution in [-0.2, 0) is 13.1 Å². The number of nitrogens with one attached hydrogen (secondary N) is 1. The maximum atomic E-state index is 12.1. The molecule has 2 aromatic rings. The third kappa shape index (κ3) is 5.21. The van der Waals surface area contributed by atoms with Crippen LogP contribution in [0.3, 0.4) is 0 Å². The molecule has 0 aliphatic heterocycles. The first kappa shape index (κ1) is 17.2. The van der Waals surface area contributed by atoms with Crippen molar-refractivity contribution in [3.05, 3.63) is 51.7 Å². The summed E-state index contributed by atoms with van der Waals surface area (Å²) < 4.78 is 28.5. The van der Waals surface area contributed by atoms with Crippen LogP contribution < -0.4 is 10.1 Å². The maximum absolute atomic E-state index is 12.1. The molecule has 0 saturated carbocycles. The first-order valence-corrected chi connectivity index (χ1v) is 7.89. The van der Waals surface area contributed by atoms with Crippen molar-refractivity contribution in [3.63, 3.8) is 0 Å². The molecule has 1 N–H and O–H groups in total.